The van der Waals surface area contributed by atoms with Gasteiger partial charge >= 0.3 is 0 Å². The SMILES string of the molecule is CCNCCNC(=O)c1cc2c(cc1F)NC(=O)CC2.Cl. The van der Waals surface area contributed by atoms with Gasteiger partial charge < -0.3 is 16.0 Å². The summed E-state index contributed by atoms with van der Waals surface area (Å²) in [4.78, 5) is 23.2. The van der Waals surface area contributed by atoms with Crippen LogP contribution < -0.4 is 16.0 Å². The summed E-state index contributed by atoms with van der Waals surface area (Å²) in [6, 6.07) is 2.73. The van der Waals surface area contributed by atoms with E-state index < -0.39 is 11.7 Å². The molecule has 1 aliphatic heterocycles. The minimum absolute atomic E-state index is 0. The van der Waals surface area contributed by atoms with Gasteiger partial charge in [-0.25, -0.2) is 4.39 Å². The maximum absolute atomic E-state index is 13.9. The van der Waals surface area contributed by atoms with Crippen LogP contribution in [0, 0.1) is 5.82 Å². The van der Waals surface area contributed by atoms with Gasteiger partial charge in [-0.05, 0) is 30.7 Å². The first-order valence-corrected chi connectivity index (χ1v) is 6.73. The number of rotatable bonds is 5. The maximum Gasteiger partial charge on any atom is 0.254 e. The zero-order valence-electron chi connectivity index (χ0n) is 11.8. The van der Waals surface area contributed by atoms with Crippen LogP contribution in [0.1, 0.15) is 29.3 Å². The second kappa shape index (κ2) is 7.95. The fourth-order valence-electron chi connectivity index (χ4n) is 2.11. The fourth-order valence-corrected chi connectivity index (χ4v) is 2.11. The minimum atomic E-state index is -0.619. The number of anilines is 1. The Kier molecular flexibility index (Phi) is 6.58. The van der Waals surface area contributed by atoms with Crippen molar-refractivity contribution in [2.75, 3.05) is 25.0 Å². The molecule has 0 unspecified atom stereocenters. The van der Waals surface area contributed by atoms with E-state index in [4.69, 9.17) is 0 Å². The molecule has 7 heteroatoms. The van der Waals surface area contributed by atoms with Gasteiger partial charge in [0.25, 0.3) is 5.91 Å². The molecule has 21 heavy (non-hydrogen) atoms. The van der Waals surface area contributed by atoms with Crippen molar-refractivity contribution in [1.29, 1.82) is 0 Å². The highest BCUT2D eigenvalue weighted by Gasteiger charge is 2.20. The number of hydrogen-bond donors (Lipinski definition) is 3. The lowest BCUT2D eigenvalue weighted by Gasteiger charge is -2.18. The smallest absolute Gasteiger partial charge is 0.254 e. The zero-order valence-corrected chi connectivity index (χ0v) is 12.6. The van der Waals surface area contributed by atoms with Crippen molar-refractivity contribution in [3.05, 3.63) is 29.1 Å². The van der Waals surface area contributed by atoms with Crippen molar-refractivity contribution < 1.29 is 14.0 Å². The quantitative estimate of drug-likeness (QED) is 0.721. The van der Waals surface area contributed by atoms with Crippen molar-refractivity contribution >= 4 is 29.9 Å². The normalized spacial score (nSPS) is 13.0. The Bertz CT molecular complexity index is 537. The lowest BCUT2D eigenvalue weighted by molar-refractivity contribution is -0.116. The van der Waals surface area contributed by atoms with Crippen LogP contribution >= 0.6 is 12.4 Å². The number of amides is 2. The molecular formula is C14H19ClFN3O2. The Morgan fingerprint density at radius 3 is 2.81 bits per heavy atom. The predicted molar refractivity (Wildman–Crippen MR) is 81.5 cm³/mol. The van der Waals surface area contributed by atoms with Gasteiger partial charge in [0.05, 0.1) is 5.56 Å². The van der Waals surface area contributed by atoms with Crippen LogP contribution in [0.4, 0.5) is 10.1 Å². The van der Waals surface area contributed by atoms with Gasteiger partial charge in [-0.2, -0.15) is 0 Å². The van der Waals surface area contributed by atoms with Gasteiger partial charge in [-0.3, -0.25) is 9.59 Å². The first kappa shape index (κ1) is 17.4. The minimum Gasteiger partial charge on any atom is -0.351 e. The highest BCUT2D eigenvalue weighted by molar-refractivity contribution is 5.98. The van der Waals surface area contributed by atoms with Crippen molar-refractivity contribution in [2.24, 2.45) is 0 Å². The van der Waals surface area contributed by atoms with Gasteiger partial charge in [0.15, 0.2) is 0 Å². The number of hydrogen-bond acceptors (Lipinski definition) is 3. The molecule has 0 radical (unpaired) electrons. The van der Waals surface area contributed by atoms with Crippen LogP contribution in [-0.2, 0) is 11.2 Å². The largest absolute Gasteiger partial charge is 0.351 e. The molecule has 1 heterocycles. The first-order valence-electron chi connectivity index (χ1n) is 6.73. The van der Waals surface area contributed by atoms with E-state index in [1.165, 1.54) is 12.1 Å². The molecule has 2 amide bonds. The number of likely N-dealkylation sites (N-methyl/N-ethyl adjacent to an activating group) is 1. The monoisotopic (exact) mass is 315 g/mol. The molecule has 5 nitrogen and oxygen atoms in total. The average molecular weight is 316 g/mol. The van der Waals surface area contributed by atoms with E-state index in [1.54, 1.807) is 0 Å². The van der Waals surface area contributed by atoms with E-state index in [1.807, 2.05) is 6.92 Å². The summed E-state index contributed by atoms with van der Waals surface area (Å²) >= 11 is 0. The zero-order chi connectivity index (χ0) is 14.5. The first-order chi connectivity index (χ1) is 9.61. The summed E-state index contributed by atoms with van der Waals surface area (Å²) < 4.78 is 13.9. The molecule has 116 valence electrons. The number of fused-ring (bicyclic) bond motifs is 1. The molecule has 0 fully saturated rings. The lowest BCUT2D eigenvalue weighted by Crippen LogP contribution is -2.32. The van der Waals surface area contributed by atoms with Gasteiger partial charge in [0, 0.05) is 25.2 Å². The summed E-state index contributed by atoms with van der Waals surface area (Å²) in [7, 11) is 0. The molecule has 3 N–H and O–H groups in total. The number of carbonyl (C=O) groups excluding carboxylic acids is 2. The molecular weight excluding hydrogens is 297 g/mol. The second-order valence-electron chi connectivity index (χ2n) is 4.65. The van der Waals surface area contributed by atoms with Crippen LogP contribution in [0.25, 0.3) is 0 Å². The van der Waals surface area contributed by atoms with Crippen molar-refractivity contribution in [3.8, 4) is 0 Å². The third kappa shape index (κ3) is 4.41. The van der Waals surface area contributed by atoms with E-state index in [9.17, 15) is 14.0 Å². The number of carbonyl (C=O) groups is 2. The number of halogens is 2. The Labute approximate surface area is 129 Å². The van der Waals surface area contributed by atoms with Gasteiger partial charge in [-0.1, -0.05) is 6.92 Å². The third-order valence-corrected chi connectivity index (χ3v) is 3.17. The van der Waals surface area contributed by atoms with Crippen LogP contribution in [0.15, 0.2) is 12.1 Å². The molecule has 0 atom stereocenters. The summed E-state index contributed by atoms with van der Waals surface area (Å²) in [6.07, 6.45) is 0.888. The van der Waals surface area contributed by atoms with Crippen molar-refractivity contribution in [3.63, 3.8) is 0 Å². The van der Waals surface area contributed by atoms with Crippen LogP contribution in [0.2, 0.25) is 0 Å². The number of nitrogens with one attached hydrogen (secondary N) is 3. The summed E-state index contributed by atoms with van der Waals surface area (Å²) in [5, 5.41) is 8.34. The molecule has 0 aromatic heterocycles. The molecule has 0 spiro atoms. The van der Waals surface area contributed by atoms with E-state index in [0.717, 1.165) is 12.1 Å². The fraction of sp³-hybridized carbons (Fsp3) is 0.429. The second-order valence-corrected chi connectivity index (χ2v) is 4.65. The molecule has 0 bridgehead atoms. The van der Waals surface area contributed by atoms with Crippen LogP contribution in [0.3, 0.4) is 0 Å². The van der Waals surface area contributed by atoms with Crippen LogP contribution in [0.5, 0.6) is 0 Å². The van der Waals surface area contributed by atoms with Gasteiger partial charge in [0.1, 0.15) is 5.82 Å². The molecule has 1 aromatic rings. The molecule has 0 aliphatic carbocycles. The van der Waals surface area contributed by atoms with E-state index in [-0.39, 0.29) is 23.9 Å². The number of aryl methyl sites for hydroxylation is 1. The van der Waals surface area contributed by atoms with E-state index in [2.05, 4.69) is 16.0 Å². The standard InChI is InChI=1S/C14H18FN3O2.ClH/c1-2-16-5-6-17-14(20)10-7-9-3-4-13(19)18-12(9)8-11(10)15;/h7-8,16H,2-6H2,1H3,(H,17,20)(H,18,19);1H. The third-order valence-electron chi connectivity index (χ3n) is 3.17. The van der Waals surface area contributed by atoms with Gasteiger partial charge in [-0.15, -0.1) is 12.4 Å². The molecule has 0 saturated heterocycles. The molecule has 2 rings (SSSR count). The molecule has 0 saturated carbocycles. The number of benzene rings is 1. The summed E-state index contributed by atoms with van der Waals surface area (Å²) in [5.41, 5.74) is 1.28. The molecule has 1 aromatic carbocycles. The highest BCUT2D eigenvalue weighted by Crippen LogP contribution is 2.25. The Morgan fingerprint density at radius 2 is 2.10 bits per heavy atom. The Morgan fingerprint density at radius 1 is 1.33 bits per heavy atom. The topological polar surface area (TPSA) is 70.2 Å². The van der Waals surface area contributed by atoms with Crippen molar-refractivity contribution in [2.45, 2.75) is 19.8 Å². The molecule has 1 aliphatic rings. The van der Waals surface area contributed by atoms with E-state index in [0.29, 0.717) is 31.6 Å². The average Bonchev–Trinajstić information content (AvgIpc) is 2.42. The summed E-state index contributed by atoms with van der Waals surface area (Å²) in [5.74, 6) is -1.17. The Balaban J connectivity index is 0.00000220. The highest BCUT2D eigenvalue weighted by atomic mass is 35.5. The lowest BCUT2D eigenvalue weighted by atomic mass is 9.99. The van der Waals surface area contributed by atoms with Crippen LogP contribution in [-0.4, -0.2) is 31.4 Å². The summed E-state index contributed by atoms with van der Waals surface area (Å²) in [6.45, 7) is 3.88. The van der Waals surface area contributed by atoms with Gasteiger partial charge in [0.2, 0.25) is 5.91 Å². The Hall–Kier alpha value is -1.66. The maximum atomic E-state index is 13.9. The predicted octanol–water partition coefficient (Wildman–Crippen LogP) is 1.47. The van der Waals surface area contributed by atoms with E-state index >= 15 is 0 Å². The van der Waals surface area contributed by atoms with Crippen molar-refractivity contribution in [1.82, 2.24) is 10.6 Å².